The Labute approximate surface area is 316 Å². The molecule has 0 saturated carbocycles. The summed E-state index contributed by atoms with van der Waals surface area (Å²) < 4.78 is 22.8. The highest BCUT2D eigenvalue weighted by Crippen LogP contribution is 2.38. The number of ether oxygens (including phenoxy) is 3. The van der Waals surface area contributed by atoms with E-state index in [1.54, 1.807) is 79.9 Å². The molecule has 1 unspecified atom stereocenters. The topological polar surface area (TPSA) is 128 Å². The average Bonchev–Trinajstić information content (AvgIpc) is 3.69. The fourth-order valence-corrected chi connectivity index (χ4v) is 6.71. The van der Waals surface area contributed by atoms with Gasteiger partial charge in [0.15, 0.2) is 11.5 Å². The zero-order chi connectivity index (χ0) is 37.3. The van der Waals surface area contributed by atoms with E-state index in [0.717, 1.165) is 16.0 Å². The second kappa shape index (κ2) is 16.7. The molecule has 0 aliphatic carbocycles. The van der Waals surface area contributed by atoms with Gasteiger partial charge in [-0.2, -0.15) is 0 Å². The van der Waals surface area contributed by atoms with E-state index in [9.17, 15) is 14.4 Å². The number of nitrogens with one attached hydrogen (secondary N) is 3. The van der Waals surface area contributed by atoms with E-state index in [2.05, 4.69) is 16.0 Å². The Morgan fingerprint density at radius 3 is 2.17 bits per heavy atom. The van der Waals surface area contributed by atoms with Crippen LogP contribution in [-0.2, 0) is 9.59 Å². The van der Waals surface area contributed by atoms with Crippen LogP contribution in [0.3, 0.4) is 0 Å². The lowest BCUT2D eigenvalue weighted by Gasteiger charge is -2.20. The van der Waals surface area contributed by atoms with Gasteiger partial charge in [-0.25, -0.2) is 0 Å². The molecule has 0 bridgehead atoms. The molecule has 3 N–H and O–H groups in total. The van der Waals surface area contributed by atoms with Gasteiger partial charge < -0.3 is 34.6 Å². The molecule has 1 aromatic heterocycles. The third-order valence-corrected chi connectivity index (χ3v) is 9.60. The standard InChI is InChI=1S/C43H35N3O7S/c1-50-36-15-9-8-14-34(36)37-23-19-32(53-37)27-35(46-41(47)29-12-6-3-7-13-29)42(48)44-30-16-20-33(21-17-30)54-40(28-10-4-2-5-11-28)43(49)45-31-18-22-38-39(26-31)52-25-24-51-38/h2-23,26-27,40H,24-25H2,1H3,(H,44,48)(H,45,49)(H,46,47). The molecule has 1 atom stereocenters. The SMILES string of the molecule is COc1ccccc1-c1ccc(C=C(NC(=O)c2ccccc2)C(=O)Nc2ccc(SC(C(=O)Nc3ccc4c(c3)OCCO4)c3ccccc3)cc2)o1. The maximum Gasteiger partial charge on any atom is 0.272 e. The maximum atomic E-state index is 13.7. The van der Waals surface area contributed by atoms with Gasteiger partial charge in [-0.05, 0) is 78.4 Å². The van der Waals surface area contributed by atoms with Crippen molar-refractivity contribution in [1.82, 2.24) is 5.32 Å². The molecule has 1 aliphatic rings. The lowest BCUT2D eigenvalue weighted by atomic mass is 10.1. The van der Waals surface area contributed by atoms with Gasteiger partial charge in [-0.1, -0.05) is 60.7 Å². The highest BCUT2D eigenvalue weighted by atomic mass is 32.2. The molecule has 270 valence electrons. The van der Waals surface area contributed by atoms with E-state index < -0.39 is 17.1 Å². The summed E-state index contributed by atoms with van der Waals surface area (Å²) in [6, 6.07) is 41.5. The quantitative estimate of drug-likeness (QED) is 0.0842. The van der Waals surface area contributed by atoms with E-state index in [4.69, 9.17) is 18.6 Å². The first kappa shape index (κ1) is 35.7. The number of rotatable bonds is 12. The average molecular weight is 738 g/mol. The fraction of sp³-hybridized carbons (Fsp3) is 0.0930. The zero-order valence-electron chi connectivity index (χ0n) is 29.1. The molecule has 10 nitrogen and oxygen atoms in total. The summed E-state index contributed by atoms with van der Waals surface area (Å²) in [5.41, 5.74) is 3.01. The Balaban J connectivity index is 1.09. The van der Waals surface area contributed by atoms with Crippen LogP contribution in [0, 0.1) is 0 Å². The van der Waals surface area contributed by atoms with Crippen molar-refractivity contribution in [3.05, 3.63) is 162 Å². The number of hydrogen-bond acceptors (Lipinski definition) is 8. The predicted molar refractivity (Wildman–Crippen MR) is 209 cm³/mol. The molecule has 11 heteroatoms. The summed E-state index contributed by atoms with van der Waals surface area (Å²) in [4.78, 5) is 41.4. The van der Waals surface area contributed by atoms with Crippen LogP contribution in [0.25, 0.3) is 17.4 Å². The Kier molecular flexibility index (Phi) is 11.1. The predicted octanol–water partition coefficient (Wildman–Crippen LogP) is 8.61. The van der Waals surface area contributed by atoms with Gasteiger partial charge >= 0.3 is 0 Å². The van der Waals surface area contributed by atoms with Gasteiger partial charge in [-0.3, -0.25) is 14.4 Å². The van der Waals surface area contributed by atoms with Crippen LogP contribution in [0.4, 0.5) is 11.4 Å². The largest absolute Gasteiger partial charge is 0.496 e. The van der Waals surface area contributed by atoms with Crippen molar-refractivity contribution in [2.45, 2.75) is 10.1 Å². The number of anilines is 2. The second-order valence-corrected chi connectivity index (χ2v) is 13.2. The van der Waals surface area contributed by atoms with Gasteiger partial charge in [0.2, 0.25) is 5.91 Å². The van der Waals surface area contributed by atoms with Gasteiger partial charge in [0, 0.05) is 34.0 Å². The number of amides is 3. The summed E-state index contributed by atoms with van der Waals surface area (Å²) in [6.45, 7) is 0.923. The molecule has 54 heavy (non-hydrogen) atoms. The van der Waals surface area contributed by atoms with E-state index in [-0.39, 0.29) is 11.6 Å². The molecule has 0 saturated heterocycles. The number of para-hydroxylation sites is 1. The minimum atomic E-state index is -0.586. The summed E-state index contributed by atoms with van der Waals surface area (Å²) in [7, 11) is 1.58. The first-order valence-electron chi connectivity index (χ1n) is 17.1. The number of furan rings is 1. The van der Waals surface area contributed by atoms with Crippen molar-refractivity contribution in [1.29, 1.82) is 0 Å². The van der Waals surface area contributed by atoms with Crippen molar-refractivity contribution in [2.75, 3.05) is 31.0 Å². The summed E-state index contributed by atoms with van der Waals surface area (Å²) in [6.07, 6.45) is 1.48. The number of benzene rings is 5. The number of carbonyl (C=O) groups is 3. The Morgan fingerprint density at radius 2 is 1.41 bits per heavy atom. The number of methoxy groups -OCH3 is 1. The first-order valence-corrected chi connectivity index (χ1v) is 18.0. The van der Waals surface area contributed by atoms with Crippen LogP contribution in [0.15, 0.2) is 155 Å². The zero-order valence-corrected chi connectivity index (χ0v) is 29.9. The van der Waals surface area contributed by atoms with E-state index in [1.165, 1.54) is 17.8 Å². The third-order valence-electron chi connectivity index (χ3n) is 8.33. The van der Waals surface area contributed by atoms with Crippen LogP contribution in [0.2, 0.25) is 0 Å². The van der Waals surface area contributed by atoms with Crippen molar-refractivity contribution < 1.29 is 33.0 Å². The fourth-order valence-electron chi connectivity index (χ4n) is 5.69. The third kappa shape index (κ3) is 8.66. The smallest absolute Gasteiger partial charge is 0.272 e. The number of fused-ring (bicyclic) bond motifs is 1. The number of thioether (sulfide) groups is 1. The molecule has 7 rings (SSSR count). The van der Waals surface area contributed by atoms with E-state index >= 15 is 0 Å². The molecule has 2 heterocycles. The normalized spacial score (nSPS) is 12.6. The van der Waals surface area contributed by atoms with Gasteiger partial charge in [0.05, 0.1) is 12.7 Å². The maximum absolute atomic E-state index is 13.7. The summed E-state index contributed by atoms with van der Waals surface area (Å²) in [5.74, 6) is 1.52. The van der Waals surface area contributed by atoms with Crippen molar-refractivity contribution >= 4 is 46.9 Å². The van der Waals surface area contributed by atoms with E-state index in [1.807, 2.05) is 66.7 Å². The summed E-state index contributed by atoms with van der Waals surface area (Å²) in [5, 5.41) is 8.05. The molecule has 0 fully saturated rings. The minimum Gasteiger partial charge on any atom is -0.496 e. The van der Waals surface area contributed by atoms with Crippen LogP contribution in [-0.4, -0.2) is 38.0 Å². The molecule has 6 aromatic rings. The van der Waals surface area contributed by atoms with Crippen LogP contribution < -0.4 is 30.2 Å². The molecular formula is C43H35N3O7S. The lowest BCUT2D eigenvalue weighted by Crippen LogP contribution is -2.30. The second-order valence-electron chi connectivity index (χ2n) is 12.0. The Hall–Kier alpha value is -6.72. The molecule has 0 spiro atoms. The van der Waals surface area contributed by atoms with Crippen molar-refractivity contribution in [3.63, 3.8) is 0 Å². The molecule has 5 aromatic carbocycles. The number of carbonyl (C=O) groups excluding carboxylic acids is 3. The van der Waals surface area contributed by atoms with Crippen molar-refractivity contribution in [2.24, 2.45) is 0 Å². The van der Waals surface area contributed by atoms with Gasteiger partial charge in [0.1, 0.15) is 41.4 Å². The van der Waals surface area contributed by atoms with Crippen LogP contribution in [0.1, 0.15) is 26.9 Å². The monoisotopic (exact) mass is 737 g/mol. The Bertz CT molecular complexity index is 2290. The highest BCUT2D eigenvalue weighted by molar-refractivity contribution is 8.00. The lowest BCUT2D eigenvalue weighted by molar-refractivity contribution is -0.116. The van der Waals surface area contributed by atoms with Crippen LogP contribution in [0.5, 0.6) is 17.2 Å². The first-order chi connectivity index (χ1) is 26.4. The van der Waals surface area contributed by atoms with Crippen LogP contribution >= 0.6 is 11.8 Å². The Morgan fingerprint density at radius 1 is 0.722 bits per heavy atom. The summed E-state index contributed by atoms with van der Waals surface area (Å²) >= 11 is 1.37. The van der Waals surface area contributed by atoms with Crippen molar-refractivity contribution in [3.8, 4) is 28.6 Å². The number of hydrogen-bond donors (Lipinski definition) is 3. The van der Waals surface area contributed by atoms with Gasteiger partial charge in [0.25, 0.3) is 11.8 Å². The molecule has 3 amide bonds. The van der Waals surface area contributed by atoms with Gasteiger partial charge in [-0.15, -0.1) is 11.8 Å². The molecular weight excluding hydrogens is 703 g/mol. The molecule has 0 radical (unpaired) electrons. The highest BCUT2D eigenvalue weighted by Gasteiger charge is 2.24. The van der Waals surface area contributed by atoms with E-state index in [0.29, 0.717) is 58.9 Å². The molecule has 1 aliphatic heterocycles. The minimum absolute atomic E-state index is 0.0248.